The Kier molecular flexibility index (Phi) is 3.97. The lowest BCUT2D eigenvalue weighted by atomic mass is 10.1. The maximum atomic E-state index is 10.0. The van der Waals surface area contributed by atoms with Crippen molar-refractivity contribution in [3.63, 3.8) is 0 Å². The van der Waals surface area contributed by atoms with Crippen LogP contribution >= 0.6 is 0 Å². The van der Waals surface area contributed by atoms with Crippen molar-refractivity contribution in [2.24, 2.45) is 0 Å². The summed E-state index contributed by atoms with van der Waals surface area (Å²) >= 11 is 0. The molecule has 0 aliphatic carbocycles. The van der Waals surface area contributed by atoms with Gasteiger partial charge in [-0.05, 0) is 25.5 Å². The highest BCUT2D eigenvalue weighted by molar-refractivity contribution is 5.47. The van der Waals surface area contributed by atoms with Crippen LogP contribution in [0.3, 0.4) is 0 Å². The predicted molar refractivity (Wildman–Crippen MR) is 72.9 cm³/mol. The van der Waals surface area contributed by atoms with E-state index in [1.807, 2.05) is 13.0 Å². The number of anilines is 1. The van der Waals surface area contributed by atoms with Gasteiger partial charge < -0.3 is 15.5 Å². The van der Waals surface area contributed by atoms with E-state index < -0.39 is 0 Å². The first-order valence-corrected chi connectivity index (χ1v) is 6.04. The third-order valence-electron chi connectivity index (χ3n) is 2.94. The summed E-state index contributed by atoms with van der Waals surface area (Å²) in [4.78, 5) is 8.12. The number of aliphatic hydroxyl groups is 1. The molecule has 0 saturated heterocycles. The van der Waals surface area contributed by atoms with Gasteiger partial charge >= 0.3 is 0 Å². The first-order chi connectivity index (χ1) is 9.11. The van der Waals surface area contributed by atoms with E-state index in [0.29, 0.717) is 23.4 Å². The first kappa shape index (κ1) is 13.3. The Morgan fingerprint density at radius 2 is 2.00 bits per heavy atom. The largest absolute Gasteiger partial charge is 0.506 e. The average Bonchev–Trinajstić information content (AvgIpc) is 2.40. The molecule has 0 bridgehead atoms. The number of aliphatic hydroxyl groups excluding tert-OH is 1. The fourth-order valence-corrected chi connectivity index (χ4v) is 1.86. The Hall–Kier alpha value is -2.14. The minimum Gasteiger partial charge on any atom is -0.506 e. The lowest BCUT2D eigenvalue weighted by molar-refractivity contribution is 0.279. The highest BCUT2D eigenvalue weighted by Crippen LogP contribution is 2.24. The number of aromatic nitrogens is 2. The van der Waals surface area contributed by atoms with Gasteiger partial charge in [0.05, 0.1) is 18.0 Å². The summed E-state index contributed by atoms with van der Waals surface area (Å²) in [7, 11) is 0. The third-order valence-corrected chi connectivity index (χ3v) is 2.94. The normalized spacial score (nSPS) is 10.5. The second-order valence-corrected chi connectivity index (χ2v) is 4.46. The minimum atomic E-state index is -0.149. The van der Waals surface area contributed by atoms with Gasteiger partial charge in [-0.1, -0.05) is 0 Å². The van der Waals surface area contributed by atoms with Crippen LogP contribution in [0.5, 0.6) is 5.75 Å². The maximum Gasteiger partial charge on any atom is 0.142 e. The van der Waals surface area contributed by atoms with E-state index in [0.717, 1.165) is 11.3 Å². The lowest BCUT2D eigenvalue weighted by Crippen LogP contribution is -2.06. The highest BCUT2D eigenvalue weighted by atomic mass is 16.3. The van der Waals surface area contributed by atoms with Crippen molar-refractivity contribution in [2.75, 3.05) is 5.32 Å². The number of rotatable bonds is 4. The Morgan fingerprint density at radius 3 is 2.68 bits per heavy atom. The standard InChI is InChI=1S/C14H17N3O2/c1-9-3-12(6-15-4-9)17-7-13-11(8-18)5-16-10(2)14(13)19/h3-6,17-19H,7-8H2,1-2H3. The molecular formula is C14H17N3O2. The van der Waals surface area contributed by atoms with E-state index in [-0.39, 0.29) is 12.4 Å². The number of nitrogens with one attached hydrogen (secondary N) is 1. The molecule has 0 atom stereocenters. The van der Waals surface area contributed by atoms with Crippen LogP contribution in [0.15, 0.2) is 24.7 Å². The van der Waals surface area contributed by atoms with Crippen molar-refractivity contribution < 1.29 is 10.2 Å². The molecule has 2 heterocycles. The van der Waals surface area contributed by atoms with E-state index in [4.69, 9.17) is 0 Å². The van der Waals surface area contributed by atoms with Crippen LogP contribution in [-0.2, 0) is 13.2 Å². The van der Waals surface area contributed by atoms with Crippen molar-refractivity contribution in [2.45, 2.75) is 27.0 Å². The first-order valence-electron chi connectivity index (χ1n) is 6.04. The second kappa shape index (κ2) is 5.67. The highest BCUT2D eigenvalue weighted by Gasteiger charge is 2.11. The van der Waals surface area contributed by atoms with Gasteiger partial charge in [0.25, 0.3) is 0 Å². The molecule has 0 fully saturated rings. The Balaban J connectivity index is 2.21. The van der Waals surface area contributed by atoms with Crippen LogP contribution in [0.25, 0.3) is 0 Å². The number of aromatic hydroxyl groups is 1. The molecule has 19 heavy (non-hydrogen) atoms. The summed E-state index contributed by atoms with van der Waals surface area (Å²) in [5, 5.41) is 22.5. The lowest BCUT2D eigenvalue weighted by Gasteiger charge is -2.13. The predicted octanol–water partition coefficient (Wildman–Crippen LogP) is 1.90. The monoisotopic (exact) mass is 259 g/mol. The molecule has 3 N–H and O–H groups in total. The molecule has 0 aliphatic rings. The van der Waals surface area contributed by atoms with Crippen LogP contribution in [0.1, 0.15) is 22.4 Å². The SMILES string of the molecule is Cc1cncc(NCc2c(CO)cnc(C)c2O)c1. The van der Waals surface area contributed by atoms with Crippen molar-refractivity contribution in [3.05, 3.63) is 47.0 Å². The minimum absolute atomic E-state index is 0.125. The molecule has 5 nitrogen and oxygen atoms in total. The smallest absolute Gasteiger partial charge is 0.142 e. The van der Waals surface area contributed by atoms with Gasteiger partial charge in [-0.3, -0.25) is 9.97 Å². The van der Waals surface area contributed by atoms with E-state index in [1.165, 1.54) is 0 Å². The van der Waals surface area contributed by atoms with Gasteiger partial charge in [0.1, 0.15) is 5.75 Å². The molecule has 2 aromatic heterocycles. The van der Waals surface area contributed by atoms with Crippen LogP contribution in [0, 0.1) is 13.8 Å². The summed E-state index contributed by atoms with van der Waals surface area (Å²) in [5.74, 6) is 0.125. The van der Waals surface area contributed by atoms with Crippen LogP contribution < -0.4 is 5.32 Å². The van der Waals surface area contributed by atoms with Gasteiger partial charge in [0.15, 0.2) is 0 Å². The van der Waals surface area contributed by atoms with Crippen LogP contribution in [0.4, 0.5) is 5.69 Å². The zero-order valence-corrected chi connectivity index (χ0v) is 11.0. The molecular weight excluding hydrogens is 242 g/mol. The summed E-state index contributed by atoms with van der Waals surface area (Å²) < 4.78 is 0. The van der Waals surface area contributed by atoms with E-state index in [2.05, 4.69) is 15.3 Å². The van der Waals surface area contributed by atoms with Gasteiger partial charge in [-0.2, -0.15) is 0 Å². The number of pyridine rings is 2. The molecule has 0 amide bonds. The molecule has 5 heteroatoms. The van der Waals surface area contributed by atoms with Gasteiger partial charge in [-0.25, -0.2) is 0 Å². The average molecular weight is 259 g/mol. The van der Waals surface area contributed by atoms with Gasteiger partial charge in [0, 0.05) is 36.3 Å². The molecule has 0 saturated carbocycles. The zero-order chi connectivity index (χ0) is 13.8. The van der Waals surface area contributed by atoms with Gasteiger partial charge in [0.2, 0.25) is 0 Å². The summed E-state index contributed by atoms with van der Waals surface area (Å²) in [6, 6.07) is 1.97. The number of aryl methyl sites for hydroxylation is 2. The fraction of sp³-hybridized carbons (Fsp3) is 0.286. The molecule has 0 aliphatic heterocycles. The molecule has 2 aromatic rings. The quantitative estimate of drug-likeness (QED) is 0.781. The van der Waals surface area contributed by atoms with Gasteiger partial charge in [-0.15, -0.1) is 0 Å². The van der Waals surface area contributed by atoms with Crippen molar-refractivity contribution in [3.8, 4) is 5.75 Å². The molecule has 100 valence electrons. The molecule has 0 radical (unpaired) electrons. The fourth-order valence-electron chi connectivity index (χ4n) is 1.86. The molecule has 0 aromatic carbocycles. The topological polar surface area (TPSA) is 78.3 Å². The van der Waals surface area contributed by atoms with Crippen LogP contribution in [0.2, 0.25) is 0 Å². The van der Waals surface area contributed by atoms with Crippen molar-refractivity contribution in [1.29, 1.82) is 0 Å². The maximum absolute atomic E-state index is 10.0. The Bertz CT molecular complexity index is 585. The molecule has 2 rings (SSSR count). The van der Waals surface area contributed by atoms with E-state index >= 15 is 0 Å². The Labute approximate surface area is 112 Å². The molecule has 0 unspecified atom stereocenters. The molecule has 0 spiro atoms. The number of hydrogen-bond acceptors (Lipinski definition) is 5. The third kappa shape index (κ3) is 3.00. The van der Waals surface area contributed by atoms with E-state index in [1.54, 1.807) is 25.5 Å². The summed E-state index contributed by atoms with van der Waals surface area (Å²) in [5.41, 5.74) is 3.77. The van der Waals surface area contributed by atoms with Crippen molar-refractivity contribution in [1.82, 2.24) is 9.97 Å². The summed E-state index contributed by atoms with van der Waals surface area (Å²) in [6.45, 7) is 3.96. The summed E-state index contributed by atoms with van der Waals surface area (Å²) in [6.07, 6.45) is 5.08. The van der Waals surface area contributed by atoms with E-state index in [9.17, 15) is 10.2 Å². The zero-order valence-electron chi connectivity index (χ0n) is 11.0. The second-order valence-electron chi connectivity index (χ2n) is 4.46. The number of nitrogens with zero attached hydrogens (tertiary/aromatic N) is 2. The Morgan fingerprint density at radius 1 is 1.21 bits per heavy atom. The number of hydrogen-bond donors (Lipinski definition) is 3. The van der Waals surface area contributed by atoms with Crippen LogP contribution in [-0.4, -0.2) is 20.2 Å². The van der Waals surface area contributed by atoms with Crippen molar-refractivity contribution >= 4 is 5.69 Å².